The van der Waals surface area contributed by atoms with Gasteiger partial charge >= 0.3 is 0 Å². The lowest BCUT2D eigenvalue weighted by Gasteiger charge is -2.30. The van der Waals surface area contributed by atoms with E-state index in [9.17, 15) is 0 Å². The van der Waals surface area contributed by atoms with Crippen LogP contribution in [-0.2, 0) is 0 Å². The molecule has 1 aliphatic heterocycles. The normalized spacial score (nSPS) is 17.9. The molecule has 0 bridgehead atoms. The van der Waals surface area contributed by atoms with Crippen LogP contribution in [0.15, 0.2) is 12.4 Å². The van der Waals surface area contributed by atoms with Crippen LogP contribution >= 0.6 is 0 Å². The quantitative estimate of drug-likeness (QED) is 0.737. The summed E-state index contributed by atoms with van der Waals surface area (Å²) in [7, 11) is 1.84. The Morgan fingerprint density at radius 1 is 1.33 bits per heavy atom. The van der Waals surface area contributed by atoms with E-state index in [-0.39, 0.29) is 0 Å². The predicted molar refractivity (Wildman–Crippen MR) is 61.0 cm³/mol. The van der Waals surface area contributed by atoms with Crippen LogP contribution in [0.25, 0.3) is 0 Å². The number of rotatable bonds is 2. The van der Waals surface area contributed by atoms with Gasteiger partial charge in [0.2, 0.25) is 0 Å². The van der Waals surface area contributed by atoms with E-state index in [1.54, 1.807) is 6.20 Å². The van der Waals surface area contributed by atoms with Crippen LogP contribution in [0.1, 0.15) is 12.8 Å². The molecule has 0 saturated carbocycles. The zero-order chi connectivity index (χ0) is 10.7. The van der Waals surface area contributed by atoms with E-state index in [2.05, 4.69) is 20.2 Å². The van der Waals surface area contributed by atoms with Crippen LogP contribution in [0.3, 0.4) is 0 Å². The average molecular weight is 207 g/mol. The lowest BCUT2D eigenvalue weighted by atomic mass is 10.1. The lowest BCUT2D eigenvalue weighted by molar-refractivity contribution is 0.498. The maximum absolute atomic E-state index is 5.85. The number of aromatic nitrogens is 2. The van der Waals surface area contributed by atoms with Gasteiger partial charge in [0.1, 0.15) is 11.6 Å². The highest BCUT2D eigenvalue weighted by Gasteiger charge is 2.17. The van der Waals surface area contributed by atoms with Crippen molar-refractivity contribution in [1.29, 1.82) is 0 Å². The first-order valence-electron chi connectivity index (χ1n) is 5.30. The van der Waals surface area contributed by atoms with Gasteiger partial charge in [0.25, 0.3) is 0 Å². The minimum Gasteiger partial charge on any atom is -0.372 e. The third kappa shape index (κ3) is 2.36. The summed E-state index contributed by atoms with van der Waals surface area (Å²) >= 11 is 0. The van der Waals surface area contributed by atoms with Gasteiger partial charge in [-0.05, 0) is 12.8 Å². The summed E-state index contributed by atoms with van der Waals surface area (Å²) in [6.07, 6.45) is 5.64. The molecule has 2 rings (SSSR count). The van der Waals surface area contributed by atoms with Crippen molar-refractivity contribution in [2.45, 2.75) is 18.9 Å². The molecule has 1 aliphatic rings. The van der Waals surface area contributed by atoms with Gasteiger partial charge in [-0.15, -0.1) is 0 Å². The Balaban J connectivity index is 2.03. The summed E-state index contributed by atoms with van der Waals surface area (Å²) in [5, 5.41) is 2.95. The molecule has 3 N–H and O–H groups in total. The zero-order valence-corrected chi connectivity index (χ0v) is 8.98. The average Bonchev–Trinajstić information content (AvgIpc) is 2.30. The molecule has 1 saturated heterocycles. The summed E-state index contributed by atoms with van der Waals surface area (Å²) in [5.41, 5.74) is 5.85. The predicted octanol–water partition coefficient (Wildman–Crippen LogP) is 0.446. The summed E-state index contributed by atoms with van der Waals surface area (Å²) in [6.45, 7) is 1.96. The SMILES string of the molecule is CNc1cnc(N2CCC(N)CC2)cn1. The molecule has 1 aromatic heterocycles. The monoisotopic (exact) mass is 207 g/mol. The van der Waals surface area contributed by atoms with Crippen LogP contribution in [0.4, 0.5) is 11.6 Å². The molecule has 1 aromatic rings. The maximum Gasteiger partial charge on any atom is 0.147 e. The smallest absolute Gasteiger partial charge is 0.147 e. The fourth-order valence-electron chi connectivity index (χ4n) is 1.74. The van der Waals surface area contributed by atoms with Gasteiger partial charge in [0.05, 0.1) is 12.4 Å². The number of hydrogen-bond donors (Lipinski definition) is 2. The molecular weight excluding hydrogens is 190 g/mol. The van der Waals surface area contributed by atoms with Gasteiger partial charge < -0.3 is 16.0 Å². The van der Waals surface area contributed by atoms with Crippen LogP contribution in [0, 0.1) is 0 Å². The van der Waals surface area contributed by atoms with Crippen molar-refractivity contribution in [2.24, 2.45) is 5.73 Å². The van der Waals surface area contributed by atoms with E-state index in [0.717, 1.165) is 37.6 Å². The largest absolute Gasteiger partial charge is 0.372 e. The van der Waals surface area contributed by atoms with Gasteiger partial charge in [-0.1, -0.05) is 0 Å². The third-order valence-corrected chi connectivity index (χ3v) is 2.76. The Hall–Kier alpha value is -1.36. The second-order valence-electron chi connectivity index (χ2n) is 3.83. The summed E-state index contributed by atoms with van der Waals surface area (Å²) in [5.74, 6) is 1.74. The van der Waals surface area contributed by atoms with Crippen LogP contribution in [-0.4, -0.2) is 36.1 Å². The van der Waals surface area contributed by atoms with Crippen molar-refractivity contribution in [3.05, 3.63) is 12.4 Å². The summed E-state index contributed by atoms with van der Waals surface area (Å²) < 4.78 is 0. The van der Waals surface area contributed by atoms with E-state index in [1.807, 2.05) is 13.2 Å². The lowest BCUT2D eigenvalue weighted by Crippen LogP contribution is -2.40. The Morgan fingerprint density at radius 3 is 2.60 bits per heavy atom. The first-order chi connectivity index (χ1) is 7.29. The van der Waals surface area contributed by atoms with Gasteiger partial charge in [-0.2, -0.15) is 0 Å². The Morgan fingerprint density at radius 2 is 2.07 bits per heavy atom. The van der Waals surface area contributed by atoms with E-state index in [4.69, 9.17) is 5.73 Å². The third-order valence-electron chi connectivity index (χ3n) is 2.76. The van der Waals surface area contributed by atoms with Crippen molar-refractivity contribution >= 4 is 11.6 Å². The van der Waals surface area contributed by atoms with Crippen LogP contribution < -0.4 is 16.0 Å². The Kier molecular flexibility index (Phi) is 3.01. The number of nitrogens with one attached hydrogen (secondary N) is 1. The fraction of sp³-hybridized carbons (Fsp3) is 0.600. The minimum atomic E-state index is 0.353. The highest BCUT2D eigenvalue weighted by atomic mass is 15.2. The van der Waals surface area contributed by atoms with Crippen molar-refractivity contribution < 1.29 is 0 Å². The Labute approximate surface area is 89.7 Å². The zero-order valence-electron chi connectivity index (χ0n) is 8.98. The molecule has 0 aromatic carbocycles. The molecule has 2 heterocycles. The van der Waals surface area contributed by atoms with Crippen LogP contribution in [0.5, 0.6) is 0 Å². The molecule has 0 unspecified atom stereocenters. The molecule has 0 amide bonds. The molecule has 0 radical (unpaired) electrons. The molecular formula is C10H17N5. The molecule has 1 fully saturated rings. The second-order valence-corrected chi connectivity index (χ2v) is 3.83. The van der Waals surface area contributed by atoms with Crippen molar-refractivity contribution in [1.82, 2.24) is 9.97 Å². The standard InChI is InChI=1S/C10H17N5/c1-12-9-6-14-10(7-13-9)15-4-2-8(11)3-5-15/h6-8H,2-5,11H2,1H3,(H,12,13). The number of anilines is 2. The minimum absolute atomic E-state index is 0.353. The fourth-order valence-corrected chi connectivity index (χ4v) is 1.74. The Bertz CT molecular complexity index is 302. The van der Waals surface area contributed by atoms with E-state index < -0.39 is 0 Å². The van der Waals surface area contributed by atoms with E-state index in [0.29, 0.717) is 6.04 Å². The van der Waals surface area contributed by atoms with E-state index in [1.165, 1.54) is 0 Å². The number of nitrogens with zero attached hydrogens (tertiary/aromatic N) is 3. The van der Waals surface area contributed by atoms with E-state index >= 15 is 0 Å². The molecule has 0 aliphatic carbocycles. The van der Waals surface area contributed by atoms with Gasteiger partial charge in [-0.3, -0.25) is 0 Å². The molecule has 5 heteroatoms. The van der Waals surface area contributed by atoms with Crippen molar-refractivity contribution in [3.8, 4) is 0 Å². The van der Waals surface area contributed by atoms with Gasteiger partial charge in [-0.25, -0.2) is 9.97 Å². The first-order valence-corrected chi connectivity index (χ1v) is 5.30. The molecule has 82 valence electrons. The molecule has 15 heavy (non-hydrogen) atoms. The summed E-state index contributed by atoms with van der Waals surface area (Å²) in [4.78, 5) is 10.8. The highest BCUT2D eigenvalue weighted by Crippen LogP contribution is 2.16. The van der Waals surface area contributed by atoms with Crippen LogP contribution in [0.2, 0.25) is 0 Å². The van der Waals surface area contributed by atoms with Gasteiger partial charge in [0.15, 0.2) is 0 Å². The maximum atomic E-state index is 5.85. The molecule has 5 nitrogen and oxygen atoms in total. The van der Waals surface area contributed by atoms with Gasteiger partial charge in [0, 0.05) is 26.2 Å². The first kappa shape index (κ1) is 10.2. The molecule has 0 spiro atoms. The number of hydrogen-bond acceptors (Lipinski definition) is 5. The highest BCUT2D eigenvalue weighted by molar-refractivity contribution is 5.41. The van der Waals surface area contributed by atoms with Crippen molar-refractivity contribution in [3.63, 3.8) is 0 Å². The second kappa shape index (κ2) is 4.44. The summed E-state index contributed by atoms with van der Waals surface area (Å²) in [6, 6.07) is 0.353. The number of nitrogens with two attached hydrogens (primary N) is 1. The van der Waals surface area contributed by atoms with Crippen molar-refractivity contribution in [2.75, 3.05) is 30.4 Å². The topological polar surface area (TPSA) is 67.1 Å². The number of piperidine rings is 1. The molecule has 0 atom stereocenters.